The van der Waals surface area contributed by atoms with Crippen molar-refractivity contribution < 1.29 is 26.7 Å². The first-order valence-corrected chi connectivity index (χ1v) is 8.95. The predicted octanol–water partition coefficient (Wildman–Crippen LogP) is 6.19. The minimum atomic E-state index is -0.577. The Kier molecular flexibility index (Phi) is 20.0. The summed E-state index contributed by atoms with van der Waals surface area (Å²) >= 11 is 0. The second kappa shape index (κ2) is 18.0. The molecule has 0 spiro atoms. The molecule has 0 aromatic carbocycles. The minimum absolute atomic E-state index is 0. The molecule has 2 nitrogen and oxygen atoms in total. The van der Waals surface area contributed by atoms with Crippen molar-refractivity contribution in [1.29, 1.82) is 0 Å². The molecule has 0 rings (SSSR count). The number of rotatable bonds is 15. The molecule has 0 atom stereocenters. The molecule has 1 N–H and O–H groups in total. The van der Waals surface area contributed by atoms with Crippen molar-refractivity contribution in [3.05, 3.63) is 0 Å². The maximum atomic E-state index is 11.2. The van der Waals surface area contributed by atoms with Gasteiger partial charge in [-0.05, 0) is 12.8 Å². The number of carbonyl (C=O) groups is 1. The molecular weight excluding hydrogens is 307 g/mol. The molecule has 0 fully saturated rings. The summed E-state index contributed by atoms with van der Waals surface area (Å²) in [6.45, 7) is 4.45. The van der Waals surface area contributed by atoms with Crippen molar-refractivity contribution in [3.8, 4) is 0 Å². The molecule has 0 heterocycles. The average molecular weight is 343 g/mol. The van der Waals surface area contributed by atoms with Crippen molar-refractivity contribution in [2.45, 2.75) is 104 Å². The SMILES string of the molecule is CCCCCCCCC(CCCCCCCC)C(=O)O.[Co]. The van der Waals surface area contributed by atoms with Crippen LogP contribution in [-0.2, 0) is 21.6 Å². The maximum absolute atomic E-state index is 11.2. The Morgan fingerprint density at radius 1 is 0.714 bits per heavy atom. The summed E-state index contributed by atoms with van der Waals surface area (Å²) in [4.78, 5) is 11.2. The van der Waals surface area contributed by atoms with E-state index < -0.39 is 5.97 Å². The van der Waals surface area contributed by atoms with Crippen LogP contribution >= 0.6 is 0 Å². The van der Waals surface area contributed by atoms with Crippen LogP contribution in [0, 0.1) is 5.92 Å². The smallest absolute Gasteiger partial charge is 0.306 e. The zero-order valence-electron chi connectivity index (χ0n) is 14.2. The van der Waals surface area contributed by atoms with Crippen LogP contribution in [0.4, 0.5) is 0 Å². The van der Waals surface area contributed by atoms with Gasteiger partial charge in [-0.2, -0.15) is 0 Å². The van der Waals surface area contributed by atoms with E-state index in [4.69, 9.17) is 0 Å². The van der Waals surface area contributed by atoms with Gasteiger partial charge in [0.2, 0.25) is 0 Å². The van der Waals surface area contributed by atoms with Gasteiger partial charge in [-0.15, -0.1) is 0 Å². The van der Waals surface area contributed by atoms with E-state index >= 15 is 0 Å². The summed E-state index contributed by atoms with van der Waals surface area (Å²) in [7, 11) is 0. The molecule has 0 bridgehead atoms. The van der Waals surface area contributed by atoms with Crippen molar-refractivity contribution in [1.82, 2.24) is 0 Å². The Morgan fingerprint density at radius 2 is 1.05 bits per heavy atom. The summed E-state index contributed by atoms with van der Waals surface area (Å²) in [5, 5.41) is 9.25. The third kappa shape index (κ3) is 16.2. The molecule has 0 saturated heterocycles. The minimum Gasteiger partial charge on any atom is -0.481 e. The summed E-state index contributed by atoms with van der Waals surface area (Å²) in [6.07, 6.45) is 16.7. The first kappa shape index (κ1) is 23.2. The second-order valence-corrected chi connectivity index (χ2v) is 6.15. The van der Waals surface area contributed by atoms with E-state index in [9.17, 15) is 9.90 Å². The average Bonchev–Trinajstić information content (AvgIpc) is 2.43. The summed E-state index contributed by atoms with van der Waals surface area (Å²) < 4.78 is 0. The first-order valence-electron chi connectivity index (χ1n) is 8.95. The summed E-state index contributed by atoms with van der Waals surface area (Å²) in [6, 6.07) is 0. The molecule has 3 heteroatoms. The normalized spacial score (nSPS) is 10.6. The first-order chi connectivity index (χ1) is 9.72. The number of hydrogen-bond acceptors (Lipinski definition) is 1. The standard InChI is InChI=1S/C18H36O2.Co/c1-3-5-7-9-11-13-15-17(18(19)20)16-14-12-10-8-6-4-2;/h17H,3-16H2,1-2H3,(H,19,20);. The number of aliphatic carboxylic acids is 1. The van der Waals surface area contributed by atoms with Gasteiger partial charge in [0.05, 0.1) is 5.92 Å². The monoisotopic (exact) mass is 343 g/mol. The van der Waals surface area contributed by atoms with E-state index in [1.807, 2.05) is 0 Å². The molecule has 0 aliphatic carbocycles. The van der Waals surface area contributed by atoms with Gasteiger partial charge >= 0.3 is 5.97 Å². The van der Waals surface area contributed by atoms with E-state index in [1.54, 1.807) is 0 Å². The van der Waals surface area contributed by atoms with Gasteiger partial charge in [0.25, 0.3) is 0 Å². The molecule has 21 heavy (non-hydrogen) atoms. The van der Waals surface area contributed by atoms with Crippen LogP contribution in [0.25, 0.3) is 0 Å². The van der Waals surface area contributed by atoms with E-state index in [0.29, 0.717) is 0 Å². The Balaban J connectivity index is 0. The molecule has 1 radical (unpaired) electrons. The van der Waals surface area contributed by atoms with Gasteiger partial charge in [0, 0.05) is 16.8 Å². The van der Waals surface area contributed by atoms with Gasteiger partial charge < -0.3 is 5.11 Å². The third-order valence-corrected chi connectivity index (χ3v) is 4.16. The van der Waals surface area contributed by atoms with Crippen LogP contribution in [0.1, 0.15) is 104 Å². The van der Waals surface area contributed by atoms with Gasteiger partial charge in [0.1, 0.15) is 0 Å². The number of unbranched alkanes of at least 4 members (excludes halogenated alkanes) is 10. The van der Waals surface area contributed by atoms with Crippen LogP contribution in [0.3, 0.4) is 0 Å². The van der Waals surface area contributed by atoms with Gasteiger partial charge in [-0.25, -0.2) is 0 Å². The molecule has 0 aliphatic heterocycles. The number of carboxylic acids is 1. The molecule has 0 amide bonds. The molecule has 0 unspecified atom stereocenters. The van der Waals surface area contributed by atoms with Crippen LogP contribution in [0.2, 0.25) is 0 Å². The van der Waals surface area contributed by atoms with Crippen molar-refractivity contribution in [3.63, 3.8) is 0 Å². The second-order valence-electron chi connectivity index (χ2n) is 6.15. The van der Waals surface area contributed by atoms with E-state index in [0.717, 1.165) is 25.7 Å². The summed E-state index contributed by atoms with van der Waals surface area (Å²) in [5.41, 5.74) is 0. The van der Waals surface area contributed by atoms with Crippen LogP contribution in [0.5, 0.6) is 0 Å². The molecule has 129 valence electrons. The molecule has 0 aliphatic rings. The third-order valence-electron chi connectivity index (χ3n) is 4.16. The number of carboxylic acid groups (broad SMARTS) is 1. The Hall–Kier alpha value is -0.0235. The van der Waals surface area contributed by atoms with Crippen molar-refractivity contribution >= 4 is 5.97 Å². The van der Waals surface area contributed by atoms with Crippen molar-refractivity contribution in [2.24, 2.45) is 5.92 Å². The van der Waals surface area contributed by atoms with Gasteiger partial charge in [0.15, 0.2) is 0 Å². The molecular formula is C18H36CoO2. The van der Waals surface area contributed by atoms with Crippen molar-refractivity contribution in [2.75, 3.05) is 0 Å². The zero-order valence-corrected chi connectivity index (χ0v) is 15.2. The van der Waals surface area contributed by atoms with Crippen LogP contribution in [0.15, 0.2) is 0 Å². The maximum Gasteiger partial charge on any atom is 0.306 e. The fourth-order valence-electron chi connectivity index (χ4n) is 2.73. The largest absolute Gasteiger partial charge is 0.481 e. The Bertz CT molecular complexity index is 203. The Labute approximate surface area is 142 Å². The van der Waals surface area contributed by atoms with Gasteiger partial charge in [-0.3, -0.25) is 4.79 Å². The fourth-order valence-corrected chi connectivity index (χ4v) is 2.73. The molecule has 0 aromatic rings. The van der Waals surface area contributed by atoms with E-state index in [-0.39, 0.29) is 22.7 Å². The fraction of sp³-hybridized carbons (Fsp3) is 0.944. The van der Waals surface area contributed by atoms with Crippen LogP contribution < -0.4 is 0 Å². The quantitative estimate of drug-likeness (QED) is 0.360. The Morgan fingerprint density at radius 3 is 1.38 bits per heavy atom. The molecule has 0 aromatic heterocycles. The summed E-state index contributed by atoms with van der Waals surface area (Å²) in [5.74, 6) is -0.667. The van der Waals surface area contributed by atoms with E-state index in [2.05, 4.69) is 13.8 Å². The van der Waals surface area contributed by atoms with Crippen LogP contribution in [-0.4, -0.2) is 11.1 Å². The number of hydrogen-bond donors (Lipinski definition) is 1. The predicted molar refractivity (Wildman–Crippen MR) is 87.1 cm³/mol. The molecule has 0 saturated carbocycles. The van der Waals surface area contributed by atoms with E-state index in [1.165, 1.54) is 64.2 Å². The zero-order chi connectivity index (χ0) is 15.1. The van der Waals surface area contributed by atoms with Gasteiger partial charge in [-0.1, -0.05) is 90.9 Å². The topological polar surface area (TPSA) is 37.3 Å².